The van der Waals surface area contributed by atoms with Crippen LogP contribution in [0.5, 0.6) is 0 Å². The summed E-state index contributed by atoms with van der Waals surface area (Å²) in [5.74, 6) is 0. The first-order valence-corrected chi connectivity index (χ1v) is 9.69. The van der Waals surface area contributed by atoms with Gasteiger partial charge in [0.15, 0.2) is 0 Å². The van der Waals surface area contributed by atoms with Crippen LogP contribution in [0.1, 0.15) is 0 Å². The van der Waals surface area contributed by atoms with E-state index in [9.17, 15) is 9.59 Å². The molecule has 0 atom stereocenters. The second kappa shape index (κ2) is 9.12. The quantitative estimate of drug-likeness (QED) is 0.266. The molecule has 0 spiro atoms. The van der Waals surface area contributed by atoms with E-state index in [1.807, 2.05) is 60.7 Å². The molecule has 1 heterocycles. The van der Waals surface area contributed by atoms with Crippen LogP contribution < -0.4 is 0 Å². The standard InChI is InChI=1S/C25H14ClN3O2/c26-21-7-1-17(2-8-21)20-13-24(18-3-9-22(10-4-18)27-15-30)29-25(14-20)19-5-11-23(12-6-19)28-16-31/h1-14H. The molecule has 0 aliphatic rings. The summed E-state index contributed by atoms with van der Waals surface area (Å²) in [4.78, 5) is 33.0. The Bertz CT molecular complexity index is 1240. The number of rotatable bonds is 5. The van der Waals surface area contributed by atoms with Crippen molar-refractivity contribution in [2.75, 3.05) is 0 Å². The van der Waals surface area contributed by atoms with Gasteiger partial charge in [-0.05, 0) is 59.7 Å². The lowest BCUT2D eigenvalue weighted by Crippen LogP contribution is -1.91. The summed E-state index contributed by atoms with van der Waals surface area (Å²) in [6, 6.07) is 26.0. The molecule has 4 rings (SSSR count). The summed E-state index contributed by atoms with van der Waals surface area (Å²) in [6.45, 7) is 0. The van der Waals surface area contributed by atoms with Crippen molar-refractivity contribution in [1.82, 2.24) is 4.98 Å². The Hall–Kier alpha value is -4.14. The van der Waals surface area contributed by atoms with E-state index in [1.165, 1.54) is 12.2 Å². The molecule has 3 aromatic carbocycles. The van der Waals surface area contributed by atoms with E-state index in [0.29, 0.717) is 16.4 Å². The summed E-state index contributed by atoms with van der Waals surface area (Å²) in [6.07, 6.45) is 3.08. The molecule has 148 valence electrons. The van der Waals surface area contributed by atoms with Gasteiger partial charge in [0.05, 0.1) is 22.8 Å². The normalized spacial score (nSPS) is 10.1. The second-order valence-electron chi connectivity index (χ2n) is 6.63. The number of benzene rings is 3. The zero-order valence-corrected chi connectivity index (χ0v) is 16.9. The minimum Gasteiger partial charge on any atom is -0.248 e. The van der Waals surface area contributed by atoms with Crippen molar-refractivity contribution in [2.45, 2.75) is 0 Å². The number of halogens is 1. The average Bonchev–Trinajstić information content (AvgIpc) is 2.81. The van der Waals surface area contributed by atoms with E-state index in [0.717, 1.165) is 33.6 Å². The third kappa shape index (κ3) is 4.72. The first-order valence-electron chi connectivity index (χ1n) is 9.31. The number of aromatic nitrogens is 1. The van der Waals surface area contributed by atoms with Crippen molar-refractivity contribution in [3.05, 3.63) is 90.0 Å². The second-order valence-corrected chi connectivity index (χ2v) is 7.07. The van der Waals surface area contributed by atoms with Gasteiger partial charge in [-0.2, -0.15) is 9.98 Å². The van der Waals surface area contributed by atoms with Gasteiger partial charge in [-0.1, -0.05) is 48.0 Å². The number of hydrogen-bond donors (Lipinski definition) is 0. The Morgan fingerprint density at radius 2 is 1.00 bits per heavy atom. The minimum absolute atomic E-state index is 0.527. The highest BCUT2D eigenvalue weighted by Gasteiger charge is 2.09. The summed E-state index contributed by atoms with van der Waals surface area (Å²) in [5.41, 5.74) is 6.31. The first-order chi connectivity index (χ1) is 15.2. The van der Waals surface area contributed by atoms with Gasteiger partial charge in [-0.25, -0.2) is 14.6 Å². The summed E-state index contributed by atoms with van der Waals surface area (Å²) in [7, 11) is 0. The molecule has 0 amide bonds. The minimum atomic E-state index is 0.527. The maximum absolute atomic E-state index is 10.5. The molecule has 0 bridgehead atoms. The van der Waals surface area contributed by atoms with E-state index in [-0.39, 0.29) is 0 Å². The predicted molar refractivity (Wildman–Crippen MR) is 121 cm³/mol. The maximum Gasteiger partial charge on any atom is 0.240 e. The number of hydrogen-bond acceptors (Lipinski definition) is 5. The summed E-state index contributed by atoms with van der Waals surface area (Å²) >= 11 is 6.05. The summed E-state index contributed by atoms with van der Waals surface area (Å²) < 4.78 is 0. The van der Waals surface area contributed by atoms with Crippen LogP contribution in [0.25, 0.3) is 33.6 Å². The van der Waals surface area contributed by atoms with Crippen LogP contribution in [0.3, 0.4) is 0 Å². The topological polar surface area (TPSA) is 71.8 Å². The van der Waals surface area contributed by atoms with Gasteiger partial charge in [0, 0.05) is 16.1 Å². The molecule has 6 heteroatoms. The van der Waals surface area contributed by atoms with Gasteiger partial charge in [0.1, 0.15) is 0 Å². The summed E-state index contributed by atoms with van der Waals surface area (Å²) in [5, 5.41) is 0.663. The molecule has 0 fully saturated rings. The Morgan fingerprint density at radius 1 is 0.581 bits per heavy atom. The van der Waals surface area contributed by atoms with Crippen LogP contribution in [0.4, 0.5) is 11.4 Å². The Balaban J connectivity index is 1.84. The third-order valence-electron chi connectivity index (χ3n) is 4.68. The SMILES string of the molecule is O=C=Nc1ccc(-c2cc(-c3ccc(Cl)cc3)cc(-c3ccc(N=C=O)cc3)n2)cc1. The highest BCUT2D eigenvalue weighted by atomic mass is 35.5. The van der Waals surface area contributed by atoms with E-state index < -0.39 is 0 Å². The molecule has 0 saturated heterocycles. The van der Waals surface area contributed by atoms with Crippen molar-refractivity contribution in [1.29, 1.82) is 0 Å². The van der Waals surface area contributed by atoms with Crippen molar-refractivity contribution in [3.8, 4) is 33.6 Å². The van der Waals surface area contributed by atoms with E-state index in [4.69, 9.17) is 16.6 Å². The number of carbonyl (C=O) groups excluding carboxylic acids is 2. The van der Waals surface area contributed by atoms with Crippen LogP contribution >= 0.6 is 11.6 Å². The Morgan fingerprint density at radius 3 is 1.42 bits per heavy atom. The number of isocyanates is 2. The van der Waals surface area contributed by atoms with Crippen LogP contribution in [0, 0.1) is 0 Å². The molecule has 0 unspecified atom stereocenters. The number of nitrogens with zero attached hydrogens (tertiary/aromatic N) is 3. The maximum atomic E-state index is 10.5. The van der Waals surface area contributed by atoms with Crippen LogP contribution in [-0.4, -0.2) is 17.1 Å². The predicted octanol–water partition coefficient (Wildman–Crippen LogP) is 6.67. The number of aliphatic imine (C=N–C) groups is 2. The van der Waals surface area contributed by atoms with Crippen molar-refractivity contribution in [2.24, 2.45) is 9.98 Å². The molecule has 0 saturated carbocycles. The Kier molecular flexibility index (Phi) is 5.93. The first kappa shape index (κ1) is 20.1. The molecule has 31 heavy (non-hydrogen) atoms. The van der Waals surface area contributed by atoms with Gasteiger partial charge < -0.3 is 0 Å². The van der Waals surface area contributed by atoms with Crippen molar-refractivity contribution >= 4 is 35.1 Å². The molecule has 1 aromatic heterocycles. The van der Waals surface area contributed by atoms with Crippen LogP contribution in [0.2, 0.25) is 5.02 Å². The van der Waals surface area contributed by atoms with E-state index in [1.54, 1.807) is 24.3 Å². The Labute approximate surface area is 183 Å². The smallest absolute Gasteiger partial charge is 0.240 e. The van der Waals surface area contributed by atoms with Gasteiger partial charge in [-0.15, -0.1) is 0 Å². The van der Waals surface area contributed by atoms with E-state index in [2.05, 4.69) is 9.98 Å². The fraction of sp³-hybridized carbons (Fsp3) is 0. The van der Waals surface area contributed by atoms with Crippen LogP contribution in [-0.2, 0) is 9.59 Å². The van der Waals surface area contributed by atoms with Crippen molar-refractivity contribution < 1.29 is 9.59 Å². The largest absolute Gasteiger partial charge is 0.248 e. The molecule has 4 aromatic rings. The molecule has 0 aliphatic carbocycles. The molecular weight excluding hydrogens is 410 g/mol. The van der Waals surface area contributed by atoms with Crippen molar-refractivity contribution in [3.63, 3.8) is 0 Å². The van der Waals surface area contributed by atoms with E-state index >= 15 is 0 Å². The molecule has 0 N–H and O–H groups in total. The lowest BCUT2D eigenvalue weighted by molar-refractivity contribution is 0.564. The monoisotopic (exact) mass is 423 g/mol. The third-order valence-corrected chi connectivity index (χ3v) is 4.93. The van der Waals surface area contributed by atoms with Gasteiger partial charge in [0.25, 0.3) is 0 Å². The highest BCUT2D eigenvalue weighted by molar-refractivity contribution is 6.30. The molecular formula is C25H14ClN3O2. The average molecular weight is 424 g/mol. The van der Waals surface area contributed by atoms with Gasteiger partial charge in [0.2, 0.25) is 12.2 Å². The fourth-order valence-corrected chi connectivity index (χ4v) is 3.28. The molecule has 5 nitrogen and oxygen atoms in total. The lowest BCUT2D eigenvalue weighted by Gasteiger charge is -2.11. The van der Waals surface area contributed by atoms with Gasteiger partial charge >= 0.3 is 0 Å². The lowest BCUT2D eigenvalue weighted by atomic mass is 10.00. The zero-order chi connectivity index (χ0) is 21.6. The number of pyridine rings is 1. The molecule has 0 radical (unpaired) electrons. The zero-order valence-electron chi connectivity index (χ0n) is 16.1. The highest BCUT2D eigenvalue weighted by Crippen LogP contribution is 2.32. The van der Waals surface area contributed by atoms with Crippen LogP contribution in [0.15, 0.2) is 94.9 Å². The molecule has 0 aliphatic heterocycles. The van der Waals surface area contributed by atoms with Gasteiger partial charge in [-0.3, -0.25) is 0 Å². The fourth-order valence-electron chi connectivity index (χ4n) is 3.15.